The average Bonchev–Trinajstić information content (AvgIpc) is 2.52. The largest absolute Gasteiger partial charge is 0.494 e. The number of benzene rings is 1. The Balaban J connectivity index is 2.83. The number of thioether (sulfide) groups is 1. The van der Waals surface area contributed by atoms with E-state index in [-0.39, 0.29) is 5.88 Å². The van der Waals surface area contributed by atoms with Gasteiger partial charge in [-0.05, 0) is 12.3 Å². The number of hydrogen-bond acceptors (Lipinski definition) is 3. The molecule has 0 aliphatic rings. The lowest BCUT2D eigenvalue weighted by Gasteiger charge is -1.99. The first-order valence-corrected chi connectivity index (χ1v) is 6.14. The Kier molecular flexibility index (Phi) is 2.71. The van der Waals surface area contributed by atoms with Crippen LogP contribution in [0.25, 0.3) is 10.9 Å². The van der Waals surface area contributed by atoms with Crippen molar-refractivity contribution >= 4 is 39.1 Å². The molecule has 0 aliphatic carbocycles. The van der Waals surface area contributed by atoms with E-state index in [0.29, 0.717) is 0 Å². The highest BCUT2D eigenvalue weighted by molar-refractivity contribution is 8.23. The monoisotopic (exact) mass is 237 g/mol. The van der Waals surface area contributed by atoms with E-state index in [1.807, 2.05) is 37.6 Å². The highest BCUT2D eigenvalue weighted by atomic mass is 32.2. The first-order chi connectivity index (χ1) is 7.16. The van der Waals surface area contributed by atoms with Gasteiger partial charge in [0.15, 0.2) is 0 Å². The van der Waals surface area contributed by atoms with Gasteiger partial charge in [0.1, 0.15) is 0 Å². The fraction of sp³-hybridized carbons (Fsp3) is 0.182. The molecule has 0 fully saturated rings. The van der Waals surface area contributed by atoms with Crippen molar-refractivity contribution in [2.75, 3.05) is 6.26 Å². The SMILES string of the molecule is CSC(=S)c1c(O)n(C)c2ccccc12. The zero-order valence-corrected chi connectivity index (χ0v) is 10.2. The van der Waals surface area contributed by atoms with Crippen LogP contribution in [0.4, 0.5) is 0 Å². The van der Waals surface area contributed by atoms with E-state index in [1.165, 1.54) is 11.8 Å². The Morgan fingerprint density at radius 1 is 1.40 bits per heavy atom. The average molecular weight is 237 g/mol. The summed E-state index contributed by atoms with van der Waals surface area (Å²) < 4.78 is 2.48. The van der Waals surface area contributed by atoms with E-state index in [9.17, 15) is 5.11 Å². The van der Waals surface area contributed by atoms with E-state index in [2.05, 4.69) is 0 Å². The number of aromatic nitrogens is 1. The van der Waals surface area contributed by atoms with Gasteiger partial charge in [-0.2, -0.15) is 0 Å². The van der Waals surface area contributed by atoms with Crippen LogP contribution in [0.3, 0.4) is 0 Å². The summed E-state index contributed by atoms with van der Waals surface area (Å²) in [7, 11) is 1.84. The Hall–Kier alpha value is -1.00. The molecule has 0 aliphatic heterocycles. The molecule has 1 aromatic carbocycles. The Morgan fingerprint density at radius 2 is 2.07 bits per heavy atom. The van der Waals surface area contributed by atoms with E-state index < -0.39 is 0 Å². The Labute approximate surface area is 97.9 Å². The lowest BCUT2D eigenvalue weighted by molar-refractivity contribution is 0.434. The van der Waals surface area contributed by atoms with Gasteiger partial charge >= 0.3 is 0 Å². The van der Waals surface area contributed by atoms with Gasteiger partial charge < -0.3 is 9.67 Å². The van der Waals surface area contributed by atoms with E-state index in [0.717, 1.165) is 20.7 Å². The summed E-state index contributed by atoms with van der Waals surface area (Å²) in [5.74, 6) is 0.246. The van der Waals surface area contributed by atoms with Gasteiger partial charge in [-0.15, -0.1) is 11.8 Å². The fourth-order valence-corrected chi connectivity index (χ4v) is 2.29. The second-order valence-electron chi connectivity index (χ2n) is 3.27. The second kappa shape index (κ2) is 3.87. The second-order valence-corrected chi connectivity index (χ2v) is 4.75. The number of thiocarbonyl (C=S) groups is 1. The van der Waals surface area contributed by atoms with Crippen LogP contribution in [-0.4, -0.2) is 20.1 Å². The lowest BCUT2D eigenvalue weighted by atomic mass is 10.2. The molecule has 0 unspecified atom stereocenters. The zero-order chi connectivity index (χ0) is 11.0. The van der Waals surface area contributed by atoms with Crippen molar-refractivity contribution < 1.29 is 5.11 Å². The van der Waals surface area contributed by atoms with Crippen molar-refractivity contribution in [1.82, 2.24) is 4.57 Å². The molecular formula is C11H11NOS2. The van der Waals surface area contributed by atoms with Gasteiger partial charge in [0, 0.05) is 12.4 Å². The van der Waals surface area contributed by atoms with Crippen LogP contribution in [0.15, 0.2) is 24.3 Å². The molecule has 0 saturated carbocycles. The molecule has 2 nitrogen and oxygen atoms in total. The van der Waals surface area contributed by atoms with Crippen LogP contribution < -0.4 is 0 Å². The number of para-hydroxylation sites is 1. The summed E-state index contributed by atoms with van der Waals surface area (Å²) in [4.78, 5) is 0. The minimum Gasteiger partial charge on any atom is -0.494 e. The van der Waals surface area contributed by atoms with Crippen molar-refractivity contribution in [3.63, 3.8) is 0 Å². The maximum Gasteiger partial charge on any atom is 0.201 e. The third-order valence-electron chi connectivity index (χ3n) is 2.47. The van der Waals surface area contributed by atoms with Crippen molar-refractivity contribution in [1.29, 1.82) is 0 Å². The van der Waals surface area contributed by atoms with Crippen molar-refractivity contribution in [2.24, 2.45) is 7.05 Å². The van der Waals surface area contributed by atoms with Gasteiger partial charge in [0.05, 0.1) is 15.3 Å². The fourth-order valence-electron chi connectivity index (χ4n) is 1.68. The highest BCUT2D eigenvalue weighted by Gasteiger charge is 2.16. The van der Waals surface area contributed by atoms with E-state index in [4.69, 9.17) is 12.2 Å². The normalized spacial score (nSPS) is 10.8. The first-order valence-electron chi connectivity index (χ1n) is 4.51. The lowest BCUT2D eigenvalue weighted by Crippen LogP contribution is -1.90. The smallest absolute Gasteiger partial charge is 0.201 e. The first kappa shape index (κ1) is 10.5. The molecule has 15 heavy (non-hydrogen) atoms. The number of rotatable bonds is 1. The van der Waals surface area contributed by atoms with Crippen molar-refractivity contribution in [3.8, 4) is 5.88 Å². The summed E-state index contributed by atoms with van der Waals surface area (Å²) >= 11 is 6.72. The van der Waals surface area contributed by atoms with Gasteiger partial charge in [0.25, 0.3) is 0 Å². The summed E-state index contributed by atoms with van der Waals surface area (Å²) in [5.41, 5.74) is 1.78. The van der Waals surface area contributed by atoms with Crippen LogP contribution in [0.5, 0.6) is 5.88 Å². The van der Waals surface area contributed by atoms with Gasteiger partial charge in [0.2, 0.25) is 5.88 Å². The molecule has 78 valence electrons. The zero-order valence-electron chi connectivity index (χ0n) is 8.52. The van der Waals surface area contributed by atoms with Crippen molar-refractivity contribution in [2.45, 2.75) is 0 Å². The van der Waals surface area contributed by atoms with E-state index >= 15 is 0 Å². The van der Waals surface area contributed by atoms with Gasteiger partial charge in [-0.1, -0.05) is 30.4 Å². The summed E-state index contributed by atoms with van der Waals surface area (Å²) in [6, 6.07) is 7.86. The van der Waals surface area contributed by atoms with Crippen LogP contribution >= 0.6 is 24.0 Å². The maximum atomic E-state index is 9.99. The molecule has 1 aromatic heterocycles. The molecule has 0 radical (unpaired) electrons. The molecule has 1 heterocycles. The van der Waals surface area contributed by atoms with Crippen LogP contribution in [0.1, 0.15) is 5.56 Å². The van der Waals surface area contributed by atoms with Crippen molar-refractivity contribution in [3.05, 3.63) is 29.8 Å². The topological polar surface area (TPSA) is 25.2 Å². The van der Waals surface area contributed by atoms with Crippen LogP contribution in [0, 0.1) is 0 Å². The van der Waals surface area contributed by atoms with Crippen LogP contribution in [-0.2, 0) is 7.05 Å². The Bertz CT molecular complexity index is 531. The standard InChI is InChI=1S/C11H11NOS2/c1-12-8-6-4-3-5-7(8)9(10(12)13)11(14)15-2/h3-6,13H,1-2H3. The van der Waals surface area contributed by atoms with E-state index in [1.54, 1.807) is 4.57 Å². The predicted molar refractivity (Wildman–Crippen MR) is 69.8 cm³/mol. The molecule has 0 atom stereocenters. The minimum absolute atomic E-state index is 0.246. The highest BCUT2D eigenvalue weighted by Crippen LogP contribution is 2.32. The Morgan fingerprint density at radius 3 is 2.73 bits per heavy atom. The molecular weight excluding hydrogens is 226 g/mol. The summed E-state index contributed by atoms with van der Waals surface area (Å²) in [6.45, 7) is 0. The van der Waals surface area contributed by atoms with Gasteiger partial charge in [-0.25, -0.2) is 0 Å². The third-order valence-corrected chi connectivity index (χ3v) is 3.74. The predicted octanol–water partition coefficient (Wildman–Crippen LogP) is 2.92. The van der Waals surface area contributed by atoms with Gasteiger partial charge in [-0.3, -0.25) is 0 Å². The third kappa shape index (κ3) is 1.54. The number of fused-ring (bicyclic) bond motifs is 1. The molecule has 2 aromatic rings. The summed E-state index contributed by atoms with van der Waals surface area (Å²) in [6.07, 6.45) is 1.92. The molecule has 0 spiro atoms. The maximum absolute atomic E-state index is 9.99. The summed E-state index contributed by atoms with van der Waals surface area (Å²) in [5, 5.41) is 11.0. The number of aromatic hydroxyl groups is 1. The molecule has 0 bridgehead atoms. The van der Waals surface area contributed by atoms with Crippen LogP contribution in [0.2, 0.25) is 0 Å². The molecule has 0 saturated heterocycles. The molecule has 1 N–H and O–H groups in total. The molecule has 0 amide bonds. The molecule has 4 heteroatoms. The number of aryl methyl sites for hydroxylation is 1. The number of hydrogen-bond donors (Lipinski definition) is 1. The quantitative estimate of drug-likeness (QED) is 0.772. The minimum atomic E-state index is 0.246. The molecule has 2 rings (SSSR count). The number of nitrogens with zero attached hydrogens (tertiary/aromatic N) is 1.